The molecular formula is C14H17Cl2FN2O. The van der Waals surface area contributed by atoms with Crippen LogP contribution in [0.2, 0.25) is 5.02 Å². The zero-order chi connectivity index (χ0) is 13.4. The molecule has 20 heavy (non-hydrogen) atoms. The highest BCUT2D eigenvalue weighted by molar-refractivity contribution is 6.33. The topological polar surface area (TPSA) is 32.3 Å². The van der Waals surface area contributed by atoms with Crippen LogP contribution in [0.15, 0.2) is 18.2 Å². The summed E-state index contributed by atoms with van der Waals surface area (Å²) in [6.07, 6.45) is 2.91. The summed E-state index contributed by atoms with van der Waals surface area (Å²) in [5.41, 5.74) is 0.0166. The van der Waals surface area contributed by atoms with Crippen LogP contribution in [-0.2, 0) is 0 Å². The van der Waals surface area contributed by atoms with Gasteiger partial charge in [-0.25, -0.2) is 4.39 Å². The molecule has 0 aromatic heterocycles. The van der Waals surface area contributed by atoms with E-state index in [4.69, 9.17) is 11.6 Å². The van der Waals surface area contributed by atoms with Crippen molar-refractivity contribution in [3.63, 3.8) is 0 Å². The molecule has 2 atom stereocenters. The number of nitrogens with zero attached hydrogens (tertiary/aromatic N) is 1. The van der Waals surface area contributed by atoms with Gasteiger partial charge in [0, 0.05) is 18.6 Å². The van der Waals surface area contributed by atoms with Crippen LogP contribution in [0.1, 0.15) is 29.6 Å². The number of amides is 1. The Morgan fingerprint density at radius 2 is 2.05 bits per heavy atom. The minimum atomic E-state index is -0.533. The van der Waals surface area contributed by atoms with Crippen LogP contribution in [0, 0.1) is 5.82 Å². The van der Waals surface area contributed by atoms with Crippen molar-refractivity contribution < 1.29 is 9.18 Å². The highest BCUT2D eigenvalue weighted by Gasteiger charge is 2.39. The van der Waals surface area contributed by atoms with Crippen LogP contribution >= 0.6 is 24.0 Å². The molecule has 1 aromatic rings. The molecule has 3 nitrogen and oxygen atoms in total. The molecule has 2 heterocycles. The van der Waals surface area contributed by atoms with Crippen LogP contribution in [0.3, 0.4) is 0 Å². The molecule has 0 saturated carbocycles. The fraction of sp³-hybridized carbons (Fsp3) is 0.500. The van der Waals surface area contributed by atoms with Gasteiger partial charge >= 0.3 is 0 Å². The van der Waals surface area contributed by atoms with E-state index < -0.39 is 5.82 Å². The SMILES string of the molecule is Cl.O=C(c1c(F)cccc1Cl)N1C2CCNCC1CC2. The molecule has 2 aliphatic rings. The standard InChI is InChI=1S/C14H16ClFN2O.ClH/c15-11-2-1-3-12(16)13(11)14(19)18-9-4-5-10(18)8-17-7-6-9;/h1-3,9-10,17H,4-8H2;1H. The van der Waals surface area contributed by atoms with Crippen LogP contribution in [0.4, 0.5) is 4.39 Å². The lowest BCUT2D eigenvalue weighted by molar-refractivity contribution is 0.0675. The number of fused-ring (bicyclic) bond motifs is 2. The zero-order valence-corrected chi connectivity index (χ0v) is 12.5. The maximum Gasteiger partial charge on any atom is 0.258 e. The third-order valence-electron chi connectivity index (χ3n) is 4.07. The number of rotatable bonds is 1. The van der Waals surface area contributed by atoms with Gasteiger partial charge in [0.2, 0.25) is 0 Å². The Balaban J connectivity index is 0.00000147. The maximum absolute atomic E-state index is 13.9. The highest BCUT2D eigenvalue weighted by atomic mass is 35.5. The van der Waals surface area contributed by atoms with Crippen LogP contribution in [0.25, 0.3) is 0 Å². The second-order valence-corrected chi connectivity index (χ2v) is 5.59. The molecule has 0 spiro atoms. The number of hydrogen-bond acceptors (Lipinski definition) is 2. The van der Waals surface area contributed by atoms with Gasteiger partial charge < -0.3 is 10.2 Å². The van der Waals surface area contributed by atoms with E-state index in [1.807, 2.05) is 4.90 Å². The molecule has 0 aliphatic carbocycles. The third-order valence-corrected chi connectivity index (χ3v) is 4.38. The number of halogens is 3. The third kappa shape index (κ3) is 2.65. The van der Waals surface area contributed by atoms with Crippen molar-refractivity contribution in [1.82, 2.24) is 10.2 Å². The maximum atomic E-state index is 13.9. The normalized spacial score (nSPS) is 25.0. The molecule has 2 saturated heterocycles. The van der Waals surface area contributed by atoms with Crippen molar-refractivity contribution in [3.8, 4) is 0 Å². The minimum absolute atomic E-state index is 0. The largest absolute Gasteiger partial charge is 0.331 e. The van der Waals surface area contributed by atoms with Gasteiger partial charge in [-0.2, -0.15) is 0 Å². The van der Waals surface area contributed by atoms with Crippen molar-refractivity contribution in [2.75, 3.05) is 13.1 Å². The van der Waals surface area contributed by atoms with Crippen molar-refractivity contribution in [2.45, 2.75) is 31.3 Å². The Hall–Kier alpha value is -0.840. The first kappa shape index (κ1) is 15.5. The predicted molar refractivity (Wildman–Crippen MR) is 79.1 cm³/mol. The molecule has 2 fully saturated rings. The Bertz CT molecular complexity index is 478. The van der Waals surface area contributed by atoms with Crippen molar-refractivity contribution >= 4 is 29.9 Å². The summed E-state index contributed by atoms with van der Waals surface area (Å²) in [7, 11) is 0. The summed E-state index contributed by atoms with van der Waals surface area (Å²) in [6, 6.07) is 4.75. The van der Waals surface area contributed by atoms with Gasteiger partial charge in [0.25, 0.3) is 5.91 Å². The molecule has 2 aliphatic heterocycles. The van der Waals surface area contributed by atoms with Crippen LogP contribution in [0.5, 0.6) is 0 Å². The number of carbonyl (C=O) groups excluding carboxylic acids is 1. The first-order valence-electron chi connectivity index (χ1n) is 6.66. The Labute approximate surface area is 128 Å². The van der Waals surface area contributed by atoms with E-state index in [1.165, 1.54) is 12.1 Å². The zero-order valence-electron chi connectivity index (χ0n) is 10.9. The molecule has 110 valence electrons. The molecule has 6 heteroatoms. The average molecular weight is 319 g/mol. The number of benzene rings is 1. The van der Waals surface area contributed by atoms with E-state index in [0.717, 1.165) is 32.4 Å². The second-order valence-electron chi connectivity index (χ2n) is 5.19. The van der Waals surface area contributed by atoms with Gasteiger partial charge in [-0.3, -0.25) is 4.79 Å². The van der Waals surface area contributed by atoms with Crippen molar-refractivity contribution in [1.29, 1.82) is 0 Å². The smallest absolute Gasteiger partial charge is 0.258 e. The summed E-state index contributed by atoms with van der Waals surface area (Å²) >= 11 is 6.00. The summed E-state index contributed by atoms with van der Waals surface area (Å²) < 4.78 is 13.9. The second kappa shape index (κ2) is 6.29. The lowest BCUT2D eigenvalue weighted by Crippen LogP contribution is -2.43. The van der Waals surface area contributed by atoms with Gasteiger partial charge in [-0.05, 0) is 37.9 Å². The summed E-state index contributed by atoms with van der Waals surface area (Å²) in [6.45, 7) is 1.70. The Morgan fingerprint density at radius 3 is 2.80 bits per heavy atom. The van der Waals surface area contributed by atoms with E-state index in [0.29, 0.717) is 0 Å². The van der Waals surface area contributed by atoms with Crippen molar-refractivity contribution in [3.05, 3.63) is 34.6 Å². The fourth-order valence-electron chi connectivity index (χ4n) is 3.15. The highest BCUT2D eigenvalue weighted by Crippen LogP contribution is 2.31. The Kier molecular flexibility index (Phi) is 4.89. The van der Waals surface area contributed by atoms with Gasteiger partial charge in [0.15, 0.2) is 0 Å². The van der Waals surface area contributed by atoms with E-state index >= 15 is 0 Å². The quantitative estimate of drug-likeness (QED) is 0.863. The van der Waals surface area contributed by atoms with E-state index in [2.05, 4.69) is 5.32 Å². The van der Waals surface area contributed by atoms with E-state index in [9.17, 15) is 9.18 Å². The summed E-state index contributed by atoms with van der Waals surface area (Å²) in [5, 5.41) is 3.52. The summed E-state index contributed by atoms with van der Waals surface area (Å²) in [4.78, 5) is 14.5. The molecule has 1 aromatic carbocycles. The molecule has 1 N–H and O–H groups in total. The first-order chi connectivity index (χ1) is 9.18. The van der Waals surface area contributed by atoms with Crippen LogP contribution in [-0.4, -0.2) is 36.0 Å². The van der Waals surface area contributed by atoms with Gasteiger partial charge in [-0.15, -0.1) is 12.4 Å². The molecule has 1 amide bonds. The molecule has 0 radical (unpaired) electrons. The fourth-order valence-corrected chi connectivity index (χ4v) is 3.39. The molecule has 2 bridgehead atoms. The molecule has 3 rings (SSSR count). The first-order valence-corrected chi connectivity index (χ1v) is 7.03. The van der Waals surface area contributed by atoms with Crippen molar-refractivity contribution in [2.24, 2.45) is 0 Å². The van der Waals surface area contributed by atoms with E-state index in [1.54, 1.807) is 6.07 Å². The monoisotopic (exact) mass is 318 g/mol. The average Bonchev–Trinajstić information content (AvgIpc) is 2.62. The van der Waals surface area contributed by atoms with Gasteiger partial charge in [-0.1, -0.05) is 17.7 Å². The number of hydrogen-bond donors (Lipinski definition) is 1. The minimum Gasteiger partial charge on any atom is -0.331 e. The molecule has 2 unspecified atom stereocenters. The molecular weight excluding hydrogens is 302 g/mol. The number of carbonyl (C=O) groups is 1. The summed E-state index contributed by atoms with van der Waals surface area (Å²) in [5.74, 6) is -0.798. The van der Waals surface area contributed by atoms with E-state index in [-0.39, 0.29) is 41.0 Å². The Morgan fingerprint density at radius 1 is 1.30 bits per heavy atom. The van der Waals surface area contributed by atoms with Gasteiger partial charge in [0.1, 0.15) is 5.82 Å². The van der Waals surface area contributed by atoms with Crippen LogP contribution < -0.4 is 5.32 Å². The predicted octanol–water partition coefficient (Wildman–Crippen LogP) is 2.87. The number of nitrogens with one attached hydrogen (secondary N) is 1. The van der Waals surface area contributed by atoms with Gasteiger partial charge in [0.05, 0.1) is 10.6 Å². The lowest BCUT2D eigenvalue weighted by atomic mass is 10.1. The lowest BCUT2D eigenvalue weighted by Gasteiger charge is -2.28.